The summed E-state index contributed by atoms with van der Waals surface area (Å²) in [5.41, 5.74) is 4.18. The van der Waals surface area contributed by atoms with E-state index in [4.69, 9.17) is 16.7 Å². The molecule has 0 fully saturated rings. The average molecular weight is 305 g/mol. The summed E-state index contributed by atoms with van der Waals surface area (Å²) >= 11 is 5.99. The van der Waals surface area contributed by atoms with E-state index in [0.717, 1.165) is 32.9 Å². The van der Waals surface area contributed by atoms with E-state index >= 15 is 0 Å². The van der Waals surface area contributed by atoms with Gasteiger partial charge in [0.05, 0.1) is 11.2 Å². The summed E-state index contributed by atoms with van der Waals surface area (Å²) in [6.45, 7) is 0. The predicted octanol–water partition coefficient (Wildman–Crippen LogP) is 5.35. The fraction of sp³-hybridized carbons (Fsp3) is 0. The van der Waals surface area contributed by atoms with Gasteiger partial charge in [0.15, 0.2) is 0 Å². The fourth-order valence-corrected chi connectivity index (χ4v) is 2.78. The summed E-state index contributed by atoms with van der Waals surface area (Å²) < 4.78 is 1.99. The highest BCUT2D eigenvalue weighted by atomic mass is 35.5. The van der Waals surface area contributed by atoms with E-state index in [9.17, 15) is 0 Å². The molecule has 4 rings (SSSR count). The molecular weight excluding hydrogens is 292 g/mol. The van der Waals surface area contributed by atoms with Gasteiger partial charge in [0, 0.05) is 16.0 Å². The van der Waals surface area contributed by atoms with Crippen molar-refractivity contribution in [1.82, 2.24) is 9.78 Å². The molecule has 1 aromatic heterocycles. The van der Waals surface area contributed by atoms with Gasteiger partial charge in [-0.25, -0.2) is 4.68 Å². The highest BCUT2D eigenvalue weighted by Crippen LogP contribution is 2.30. The maximum atomic E-state index is 5.99. The molecule has 1 heterocycles. The van der Waals surface area contributed by atoms with Gasteiger partial charge in [0.25, 0.3) is 0 Å². The van der Waals surface area contributed by atoms with E-state index in [2.05, 4.69) is 24.3 Å². The van der Waals surface area contributed by atoms with Crippen molar-refractivity contribution in [3.8, 4) is 16.9 Å². The normalized spacial score (nSPS) is 11.0. The zero-order valence-electron chi connectivity index (χ0n) is 11.8. The standard InChI is InChI=1S/C19H13ClN2/c20-15-12-10-14(11-13-15)19-17-8-4-5-9-18(17)22(21-19)16-6-2-1-3-7-16/h1-13H. The first-order chi connectivity index (χ1) is 10.8. The lowest BCUT2D eigenvalue weighted by atomic mass is 10.1. The lowest BCUT2D eigenvalue weighted by Gasteiger charge is -2.02. The van der Waals surface area contributed by atoms with E-state index in [1.165, 1.54) is 0 Å². The van der Waals surface area contributed by atoms with Crippen molar-refractivity contribution in [2.45, 2.75) is 0 Å². The second-order valence-electron chi connectivity index (χ2n) is 5.12. The molecule has 0 amide bonds. The molecule has 2 nitrogen and oxygen atoms in total. The van der Waals surface area contributed by atoms with Crippen molar-refractivity contribution in [2.24, 2.45) is 0 Å². The van der Waals surface area contributed by atoms with Gasteiger partial charge >= 0.3 is 0 Å². The number of benzene rings is 3. The third-order valence-corrected chi connectivity index (χ3v) is 3.96. The number of para-hydroxylation sites is 2. The first kappa shape index (κ1) is 13.1. The van der Waals surface area contributed by atoms with Crippen LogP contribution >= 0.6 is 11.6 Å². The number of rotatable bonds is 2. The van der Waals surface area contributed by atoms with Crippen LogP contribution in [0.5, 0.6) is 0 Å². The highest BCUT2D eigenvalue weighted by Gasteiger charge is 2.12. The Balaban J connectivity index is 1.99. The molecule has 0 saturated heterocycles. The first-order valence-electron chi connectivity index (χ1n) is 7.12. The van der Waals surface area contributed by atoms with Crippen molar-refractivity contribution in [1.29, 1.82) is 0 Å². The van der Waals surface area contributed by atoms with Gasteiger partial charge in [-0.3, -0.25) is 0 Å². The molecule has 0 aliphatic carbocycles. The van der Waals surface area contributed by atoms with Gasteiger partial charge in [-0.1, -0.05) is 60.1 Å². The van der Waals surface area contributed by atoms with E-state index in [-0.39, 0.29) is 0 Å². The van der Waals surface area contributed by atoms with Gasteiger partial charge in [-0.2, -0.15) is 5.10 Å². The molecule has 106 valence electrons. The van der Waals surface area contributed by atoms with Crippen molar-refractivity contribution >= 4 is 22.5 Å². The van der Waals surface area contributed by atoms with Crippen LogP contribution in [0.2, 0.25) is 5.02 Å². The van der Waals surface area contributed by atoms with Gasteiger partial charge in [0.2, 0.25) is 0 Å². The Kier molecular flexibility index (Phi) is 3.17. The minimum atomic E-state index is 0.732. The monoisotopic (exact) mass is 304 g/mol. The Bertz CT molecular complexity index is 925. The molecule has 3 heteroatoms. The van der Waals surface area contributed by atoms with E-state index in [1.54, 1.807) is 0 Å². The maximum Gasteiger partial charge on any atom is 0.101 e. The van der Waals surface area contributed by atoms with Crippen LogP contribution in [-0.2, 0) is 0 Å². The third kappa shape index (κ3) is 2.18. The minimum Gasteiger partial charge on any atom is -0.232 e. The molecule has 0 saturated carbocycles. The van der Waals surface area contributed by atoms with Crippen LogP contribution in [0.15, 0.2) is 78.9 Å². The maximum absolute atomic E-state index is 5.99. The molecular formula is C19H13ClN2. The summed E-state index contributed by atoms with van der Waals surface area (Å²) in [6.07, 6.45) is 0. The van der Waals surface area contributed by atoms with Crippen molar-refractivity contribution in [3.63, 3.8) is 0 Å². The summed E-state index contributed by atoms with van der Waals surface area (Å²) in [6, 6.07) is 26.3. The minimum absolute atomic E-state index is 0.732. The summed E-state index contributed by atoms with van der Waals surface area (Å²) in [7, 11) is 0. The SMILES string of the molecule is Clc1ccc(-c2nn(-c3ccccc3)c3ccccc23)cc1. The van der Waals surface area contributed by atoms with Gasteiger partial charge in [0.1, 0.15) is 5.69 Å². The Labute approximate surface area is 133 Å². The number of halogens is 1. The largest absolute Gasteiger partial charge is 0.232 e. The van der Waals surface area contributed by atoms with Gasteiger partial charge in [-0.05, 0) is 30.3 Å². The molecule has 0 N–H and O–H groups in total. The average Bonchev–Trinajstić information content (AvgIpc) is 2.96. The summed E-state index contributed by atoms with van der Waals surface area (Å²) in [4.78, 5) is 0. The molecule has 0 atom stereocenters. The van der Waals surface area contributed by atoms with Crippen LogP contribution in [0.25, 0.3) is 27.8 Å². The molecule has 0 aliphatic rings. The topological polar surface area (TPSA) is 17.8 Å². The van der Waals surface area contributed by atoms with Crippen LogP contribution in [-0.4, -0.2) is 9.78 Å². The van der Waals surface area contributed by atoms with E-state index in [0.29, 0.717) is 0 Å². The van der Waals surface area contributed by atoms with Crippen molar-refractivity contribution in [3.05, 3.63) is 83.9 Å². The zero-order chi connectivity index (χ0) is 14.9. The zero-order valence-corrected chi connectivity index (χ0v) is 12.5. The Morgan fingerprint density at radius 3 is 2.18 bits per heavy atom. The molecule has 0 spiro atoms. The van der Waals surface area contributed by atoms with Crippen LogP contribution in [0.4, 0.5) is 0 Å². The molecule has 4 aromatic rings. The number of fused-ring (bicyclic) bond motifs is 1. The smallest absolute Gasteiger partial charge is 0.101 e. The number of nitrogens with zero attached hydrogens (tertiary/aromatic N) is 2. The molecule has 0 bridgehead atoms. The number of hydrogen-bond donors (Lipinski definition) is 0. The Hall–Kier alpha value is -2.58. The first-order valence-corrected chi connectivity index (χ1v) is 7.50. The van der Waals surface area contributed by atoms with Gasteiger partial charge < -0.3 is 0 Å². The number of aromatic nitrogens is 2. The van der Waals surface area contributed by atoms with Crippen molar-refractivity contribution < 1.29 is 0 Å². The lowest BCUT2D eigenvalue weighted by molar-refractivity contribution is 0.915. The number of hydrogen-bond acceptors (Lipinski definition) is 1. The van der Waals surface area contributed by atoms with Crippen LogP contribution in [0.1, 0.15) is 0 Å². The quantitative estimate of drug-likeness (QED) is 0.488. The molecule has 0 unspecified atom stereocenters. The third-order valence-electron chi connectivity index (χ3n) is 3.71. The van der Waals surface area contributed by atoms with E-state index in [1.807, 2.05) is 59.3 Å². The summed E-state index contributed by atoms with van der Waals surface area (Å²) in [5.74, 6) is 0. The Morgan fingerprint density at radius 2 is 1.41 bits per heavy atom. The lowest BCUT2D eigenvalue weighted by Crippen LogP contribution is -1.95. The predicted molar refractivity (Wildman–Crippen MR) is 91.5 cm³/mol. The van der Waals surface area contributed by atoms with Crippen LogP contribution in [0, 0.1) is 0 Å². The van der Waals surface area contributed by atoms with Crippen molar-refractivity contribution in [2.75, 3.05) is 0 Å². The molecule has 3 aromatic carbocycles. The summed E-state index contributed by atoms with van der Waals surface area (Å²) in [5, 5.41) is 6.70. The van der Waals surface area contributed by atoms with Gasteiger partial charge in [-0.15, -0.1) is 0 Å². The Morgan fingerprint density at radius 1 is 0.727 bits per heavy atom. The van der Waals surface area contributed by atoms with Crippen LogP contribution < -0.4 is 0 Å². The molecule has 0 radical (unpaired) electrons. The molecule has 0 aliphatic heterocycles. The molecule has 22 heavy (non-hydrogen) atoms. The second-order valence-corrected chi connectivity index (χ2v) is 5.56. The second kappa shape index (κ2) is 5.32. The van der Waals surface area contributed by atoms with Crippen LogP contribution in [0.3, 0.4) is 0 Å². The fourth-order valence-electron chi connectivity index (χ4n) is 2.65. The van der Waals surface area contributed by atoms with E-state index < -0.39 is 0 Å². The highest BCUT2D eigenvalue weighted by molar-refractivity contribution is 6.30.